The second-order valence-electron chi connectivity index (χ2n) is 4.03. The highest BCUT2D eigenvalue weighted by Crippen LogP contribution is 2.20. The molecule has 0 saturated carbocycles. The first-order valence-electron chi connectivity index (χ1n) is 5.34. The third-order valence-electron chi connectivity index (χ3n) is 2.68. The van der Waals surface area contributed by atoms with Crippen LogP contribution in [-0.4, -0.2) is 25.2 Å². The molecule has 0 fully saturated rings. The average Bonchev–Trinajstić information content (AvgIpc) is 2.75. The minimum atomic E-state index is 0.900. The maximum atomic E-state index is 4.32. The van der Waals surface area contributed by atoms with Gasteiger partial charge in [-0.2, -0.15) is 25.2 Å². The van der Waals surface area contributed by atoms with Crippen molar-refractivity contribution in [3.63, 3.8) is 0 Å². The molecule has 0 saturated heterocycles. The van der Waals surface area contributed by atoms with Crippen molar-refractivity contribution in [2.24, 2.45) is 0 Å². The normalized spacial score (nSPS) is 10.9. The molecule has 17 heavy (non-hydrogen) atoms. The van der Waals surface area contributed by atoms with Gasteiger partial charge in [0.05, 0.1) is 30.0 Å². The first kappa shape index (κ1) is 9.89. The Hall–Kier alpha value is -2.30. The smallest absolute Gasteiger partial charge is 0.0892 e. The van der Waals surface area contributed by atoms with Gasteiger partial charge >= 0.3 is 0 Å². The number of hydrogen-bond donors (Lipinski definition) is 0. The number of aromatic nitrogens is 5. The molecule has 0 unspecified atom stereocenters. The fourth-order valence-corrected chi connectivity index (χ4v) is 1.82. The lowest BCUT2D eigenvalue weighted by Crippen LogP contribution is -2.01. The lowest BCUT2D eigenvalue weighted by molar-refractivity contribution is 0.742. The third kappa shape index (κ3) is 1.65. The largest absolute Gasteiger partial charge is 0.158 e. The van der Waals surface area contributed by atoms with E-state index in [1.165, 1.54) is 0 Å². The van der Waals surface area contributed by atoms with Crippen LogP contribution in [0.5, 0.6) is 0 Å². The van der Waals surface area contributed by atoms with Crippen molar-refractivity contribution in [3.05, 3.63) is 42.0 Å². The molecule has 0 N–H and O–H groups in total. The van der Waals surface area contributed by atoms with Gasteiger partial charge in [0.15, 0.2) is 0 Å². The maximum Gasteiger partial charge on any atom is 0.0892 e. The molecule has 0 amide bonds. The van der Waals surface area contributed by atoms with Crippen LogP contribution in [0.4, 0.5) is 0 Å². The molecule has 3 rings (SSSR count). The van der Waals surface area contributed by atoms with Gasteiger partial charge in [-0.05, 0) is 31.5 Å². The lowest BCUT2D eigenvalue weighted by atomic mass is 10.1. The van der Waals surface area contributed by atoms with Crippen molar-refractivity contribution >= 4 is 10.8 Å². The molecule has 1 aromatic carbocycles. The Morgan fingerprint density at radius 2 is 1.65 bits per heavy atom. The zero-order valence-electron chi connectivity index (χ0n) is 9.62. The summed E-state index contributed by atoms with van der Waals surface area (Å²) in [6.45, 7) is 3.96. The van der Waals surface area contributed by atoms with Gasteiger partial charge in [0.25, 0.3) is 0 Å². The summed E-state index contributed by atoms with van der Waals surface area (Å²) in [7, 11) is 0. The summed E-state index contributed by atoms with van der Waals surface area (Å²) >= 11 is 0. The highest BCUT2D eigenvalue weighted by Gasteiger charge is 2.06. The molecular weight excluding hydrogens is 214 g/mol. The summed E-state index contributed by atoms with van der Waals surface area (Å²) in [4.78, 5) is 1.64. The van der Waals surface area contributed by atoms with E-state index in [0.29, 0.717) is 0 Å². The van der Waals surface area contributed by atoms with Crippen LogP contribution in [0.2, 0.25) is 0 Å². The molecular formula is C12H11N5. The van der Waals surface area contributed by atoms with Crippen LogP contribution in [0.15, 0.2) is 30.7 Å². The maximum absolute atomic E-state index is 4.32. The Balaban J connectivity index is 2.26. The molecule has 0 bridgehead atoms. The zero-order chi connectivity index (χ0) is 11.8. The van der Waals surface area contributed by atoms with Crippen molar-refractivity contribution in [1.82, 2.24) is 25.2 Å². The number of nitrogens with zero attached hydrogens (tertiary/aromatic N) is 5. The highest BCUT2D eigenvalue weighted by molar-refractivity contribution is 5.83. The Bertz CT molecular complexity index is 686. The van der Waals surface area contributed by atoms with E-state index in [4.69, 9.17) is 0 Å². The van der Waals surface area contributed by atoms with E-state index in [2.05, 4.69) is 26.5 Å². The third-order valence-corrected chi connectivity index (χ3v) is 2.68. The van der Waals surface area contributed by atoms with Crippen LogP contribution in [-0.2, 0) is 0 Å². The monoisotopic (exact) mass is 225 g/mol. The van der Waals surface area contributed by atoms with Gasteiger partial charge in [-0.1, -0.05) is 0 Å². The summed E-state index contributed by atoms with van der Waals surface area (Å²) in [6.07, 6.45) is 5.25. The zero-order valence-corrected chi connectivity index (χ0v) is 9.62. The standard InChI is InChI=1S/C12H11N5/c1-8-3-10-6-13-14-7-11(10)4-12(8)17-15-5-9(2)16-17/h3-7H,1-2H3. The minimum Gasteiger partial charge on any atom is -0.158 e. The Kier molecular flexibility index (Phi) is 2.11. The van der Waals surface area contributed by atoms with Gasteiger partial charge in [-0.15, -0.1) is 0 Å². The van der Waals surface area contributed by atoms with Gasteiger partial charge < -0.3 is 0 Å². The predicted octanol–water partition coefficient (Wildman–Crippen LogP) is 1.83. The first-order chi connectivity index (χ1) is 8.24. The summed E-state index contributed by atoms with van der Waals surface area (Å²) < 4.78 is 0. The number of fused-ring (bicyclic) bond motifs is 1. The second kappa shape index (κ2) is 3.62. The summed E-state index contributed by atoms with van der Waals surface area (Å²) in [5.41, 5.74) is 2.98. The van der Waals surface area contributed by atoms with Gasteiger partial charge in [0.2, 0.25) is 0 Å². The van der Waals surface area contributed by atoms with E-state index in [1.807, 2.05) is 19.9 Å². The molecule has 3 aromatic rings. The van der Waals surface area contributed by atoms with E-state index in [1.54, 1.807) is 23.4 Å². The van der Waals surface area contributed by atoms with Crippen molar-refractivity contribution in [2.75, 3.05) is 0 Å². The van der Waals surface area contributed by atoms with E-state index in [-0.39, 0.29) is 0 Å². The van der Waals surface area contributed by atoms with Crippen LogP contribution in [0, 0.1) is 13.8 Å². The summed E-state index contributed by atoms with van der Waals surface area (Å²) in [5.74, 6) is 0. The van der Waals surface area contributed by atoms with E-state index >= 15 is 0 Å². The molecule has 5 heteroatoms. The van der Waals surface area contributed by atoms with Crippen LogP contribution >= 0.6 is 0 Å². The van der Waals surface area contributed by atoms with E-state index in [9.17, 15) is 0 Å². The number of rotatable bonds is 1. The average molecular weight is 225 g/mol. The molecule has 0 spiro atoms. The highest BCUT2D eigenvalue weighted by atomic mass is 15.5. The van der Waals surface area contributed by atoms with E-state index in [0.717, 1.165) is 27.7 Å². The summed E-state index contributed by atoms with van der Waals surface area (Å²) in [6, 6.07) is 4.09. The molecule has 2 heterocycles. The first-order valence-corrected chi connectivity index (χ1v) is 5.34. The predicted molar refractivity (Wildman–Crippen MR) is 63.9 cm³/mol. The van der Waals surface area contributed by atoms with Gasteiger partial charge in [-0.25, -0.2) is 0 Å². The van der Waals surface area contributed by atoms with Crippen LogP contribution in [0.1, 0.15) is 11.3 Å². The fourth-order valence-electron chi connectivity index (χ4n) is 1.82. The van der Waals surface area contributed by atoms with Gasteiger partial charge in [0.1, 0.15) is 0 Å². The van der Waals surface area contributed by atoms with Crippen molar-refractivity contribution in [1.29, 1.82) is 0 Å². The quantitative estimate of drug-likeness (QED) is 0.634. The van der Waals surface area contributed by atoms with Crippen molar-refractivity contribution < 1.29 is 0 Å². The van der Waals surface area contributed by atoms with E-state index < -0.39 is 0 Å². The molecule has 2 aromatic heterocycles. The van der Waals surface area contributed by atoms with Gasteiger partial charge in [0, 0.05) is 10.8 Å². The second-order valence-corrected chi connectivity index (χ2v) is 4.03. The number of benzene rings is 1. The molecule has 0 aliphatic carbocycles. The molecule has 0 aliphatic heterocycles. The Morgan fingerprint density at radius 1 is 0.941 bits per heavy atom. The minimum absolute atomic E-state index is 0.900. The molecule has 0 atom stereocenters. The number of hydrogen-bond acceptors (Lipinski definition) is 4. The van der Waals surface area contributed by atoms with Crippen molar-refractivity contribution in [2.45, 2.75) is 13.8 Å². The molecule has 0 radical (unpaired) electrons. The Morgan fingerprint density at radius 3 is 2.29 bits per heavy atom. The van der Waals surface area contributed by atoms with Crippen LogP contribution in [0.25, 0.3) is 16.5 Å². The van der Waals surface area contributed by atoms with Gasteiger partial charge in [-0.3, -0.25) is 0 Å². The molecule has 84 valence electrons. The Labute approximate surface area is 98.1 Å². The number of aryl methyl sites for hydroxylation is 2. The lowest BCUT2D eigenvalue weighted by Gasteiger charge is -2.06. The topological polar surface area (TPSA) is 56.5 Å². The SMILES string of the molecule is Cc1cnn(-c2cc3cnncc3cc2C)n1. The molecule has 0 aliphatic rings. The fraction of sp³-hybridized carbons (Fsp3) is 0.167. The molecule has 5 nitrogen and oxygen atoms in total. The van der Waals surface area contributed by atoms with Crippen LogP contribution < -0.4 is 0 Å². The van der Waals surface area contributed by atoms with Crippen molar-refractivity contribution in [3.8, 4) is 5.69 Å². The van der Waals surface area contributed by atoms with Crippen LogP contribution in [0.3, 0.4) is 0 Å². The summed E-state index contributed by atoms with van der Waals surface area (Å²) in [5, 5.41) is 18.4.